The summed E-state index contributed by atoms with van der Waals surface area (Å²) in [5, 5.41) is 0.543. The number of esters is 1. The Morgan fingerprint density at radius 3 is 2.83 bits per heavy atom. The van der Waals surface area contributed by atoms with Crippen molar-refractivity contribution in [3.05, 3.63) is 46.8 Å². The van der Waals surface area contributed by atoms with E-state index in [2.05, 4.69) is 44.2 Å². The van der Waals surface area contributed by atoms with Gasteiger partial charge < -0.3 is 19.4 Å². The van der Waals surface area contributed by atoms with Gasteiger partial charge in [0.2, 0.25) is 0 Å². The molecule has 0 bridgehead atoms. The largest absolute Gasteiger partial charge is 0.469 e. The molecule has 1 N–H and O–H groups in total. The van der Waals surface area contributed by atoms with E-state index < -0.39 is 5.92 Å². The molecule has 0 spiro atoms. The molecule has 7 nitrogen and oxygen atoms in total. The van der Waals surface area contributed by atoms with Crippen LogP contribution in [0.5, 0.6) is 6.01 Å². The van der Waals surface area contributed by atoms with Gasteiger partial charge in [-0.25, -0.2) is 4.98 Å². The van der Waals surface area contributed by atoms with Crippen molar-refractivity contribution < 1.29 is 14.3 Å². The average Bonchev–Trinajstić information content (AvgIpc) is 3.35. The summed E-state index contributed by atoms with van der Waals surface area (Å²) in [6, 6.07) is 2.10. The summed E-state index contributed by atoms with van der Waals surface area (Å²) in [7, 11) is 1.35. The lowest BCUT2D eigenvalue weighted by atomic mass is 10.1. The maximum absolute atomic E-state index is 11.5. The number of allylic oxidation sites excluding steroid dienone is 5. The van der Waals surface area contributed by atoms with E-state index in [4.69, 9.17) is 21.1 Å². The number of methoxy groups -OCH3 is 1. The average molecular weight is 429 g/mol. The minimum Gasteiger partial charge on any atom is -0.469 e. The number of nitrogens with one attached hydrogen (secondary N) is 1. The molecule has 0 radical (unpaired) electrons. The third-order valence-corrected chi connectivity index (χ3v) is 5.61. The Kier molecular flexibility index (Phi) is 6.08. The molecule has 4 rings (SSSR count). The van der Waals surface area contributed by atoms with Gasteiger partial charge in [0.05, 0.1) is 29.3 Å². The number of H-pyrrole nitrogens is 1. The minimum absolute atomic E-state index is 0.159. The molecule has 2 aromatic rings. The van der Waals surface area contributed by atoms with E-state index in [1.165, 1.54) is 25.6 Å². The Bertz CT molecular complexity index is 1030. The first-order valence-electron chi connectivity index (χ1n) is 10.2. The second-order valence-corrected chi connectivity index (χ2v) is 7.93. The Morgan fingerprint density at radius 1 is 1.27 bits per heavy atom. The second-order valence-electron chi connectivity index (χ2n) is 7.52. The number of ether oxygens (including phenoxy) is 2. The maximum Gasteiger partial charge on any atom is 0.311 e. The normalized spacial score (nSPS) is 17.5. The summed E-state index contributed by atoms with van der Waals surface area (Å²) >= 11 is 6.54. The van der Waals surface area contributed by atoms with Gasteiger partial charge in [-0.3, -0.25) is 4.79 Å². The number of imidazole rings is 1. The molecular weight excluding hydrogens is 404 g/mol. The molecular formula is C22H25ClN4O3. The molecule has 1 fully saturated rings. The van der Waals surface area contributed by atoms with Gasteiger partial charge in [-0.15, -0.1) is 0 Å². The quantitative estimate of drug-likeness (QED) is 0.697. The summed E-state index contributed by atoms with van der Waals surface area (Å²) in [6.07, 6.45) is 11.9. The van der Waals surface area contributed by atoms with Gasteiger partial charge in [-0.05, 0) is 43.9 Å². The molecule has 1 aliphatic carbocycles. The van der Waals surface area contributed by atoms with Crippen LogP contribution in [0.2, 0.25) is 5.02 Å². The summed E-state index contributed by atoms with van der Waals surface area (Å²) < 4.78 is 10.3. The number of hydrogen-bond donors (Lipinski definition) is 1. The summed E-state index contributed by atoms with van der Waals surface area (Å²) in [4.78, 5) is 26.0. The lowest BCUT2D eigenvalue weighted by Crippen LogP contribution is -2.20. The number of carbonyl (C=O) groups excluding carboxylic acids is 1. The number of rotatable bonds is 6. The number of pyridine rings is 1. The van der Waals surface area contributed by atoms with Crippen LogP contribution >= 0.6 is 11.6 Å². The molecule has 1 atom stereocenters. The van der Waals surface area contributed by atoms with Gasteiger partial charge in [-0.1, -0.05) is 29.8 Å². The highest BCUT2D eigenvalue weighted by Crippen LogP contribution is 2.30. The number of carbonyl (C=O) groups is 1. The fourth-order valence-electron chi connectivity index (χ4n) is 3.64. The molecule has 158 valence electrons. The third kappa shape index (κ3) is 4.36. The van der Waals surface area contributed by atoms with Gasteiger partial charge in [0.25, 0.3) is 6.01 Å². The molecule has 1 aliphatic heterocycles. The van der Waals surface area contributed by atoms with Crippen LogP contribution in [0, 0.1) is 5.92 Å². The molecule has 0 amide bonds. The predicted octanol–water partition coefficient (Wildman–Crippen LogP) is 4.12. The van der Waals surface area contributed by atoms with Gasteiger partial charge in [0.1, 0.15) is 6.61 Å². The van der Waals surface area contributed by atoms with Crippen molar-refractivity contribution in [2.24, 2.45) is 5.92 Å². The molecule has 1 unspecified atom stereocenters. The number of fused-ring (bicyclic) bond motifs is 1. The molecule has 3 heterocycles. The van der Waals surface area contributed by atoms with Crippen molar-refractivity contribution in [3.63, 3.8) is 0 Å². The zero-order valence-electron chi connectivity index (χ0n) is 17.2. The minimum atomic E-state index is -0.395. The number of hydrogen-bond acceptors (Lipinski definition) is 6. The van der Waals surface area contributed by atoms with Crippen molar-refractivity contribution >= 4 is 34.3 Å². The maximum atomic E-state index is 11.5. The molecule has 30 heavy (non-hydrogen) atoms. The van der Waals surface area contributed by atoms with Gasteiger partial charge >= 0.3 is 5.97 Å². The Morgan fingerprint density at radius 2 is 2.07 bits per heavy atom. The van der Waals surface area contributed by atoms with Gasteiger partial charge in [-0.2, -0.15) is 4.98 Å². The van der Waals surface area contributed by atoms with Crippen LogP contribution in [-0.4, -0.2) is 52.6 Å². The SMILES string of the molecule is COC(=O)C(C)COc1nc2nc(C3=CCC=C(N4CCCC4)C=C3)c(Cl)cc2[nH]1. The molecule has 0 aromatic carbocycles. The van der Waals surface area contributed by atoms with Gasteiger partial charge in [0.15, 0.2) is 5.65 Å². The van der Waals surface area contributed by atoms with Crippen LogP contribution in [0.25, 0.3) is 16.7 Å². The van der Waals surface area contributed by atoms with E-state index >= 15 is 0 Å². The highest BCUT2D eigenvalue weighted by molar-refractivity contribution is 6.32. The van der Waals surface area contributed by atoms with Crippen LogP contribution in [-0.2, 0) is 9.53 Å². The Hall–Kier alpha value is -2.80. The van der Waals surface area contributed by atoms with Crippen LogP contribution in [0.1, 0.15) is 31.9 Å². The first-order valence-corrected chi connectivity index (χ1v) is 10.5. The van der Waals surface area contributed by atoms with E-state index in [0.717, 1.165) is 25.1 Å². The van der Waals surface area contributed by atoms with Crippen LogP contribution < -0.4 is 4.74 Å². The Labute approximate surface area is 180 Å². The number of halogens is 1. The highest BCUT2D eigenvalue weighted by Gasteiger charge is 2.18. The van der Waals surface area contributed by atoms with Crippen LogP contribution in [0.3, 0.4) is 0 Å². The predicted molar refractivity (Wildman–Crippen MR) is 116 cm³/mol. The molecule has 1 saturated heterocycles. The lowest BCUT2D eigenvalue weighted by molar-refractivity contribution is -0.145. The highest BCUT2D eigenvalue weighted by atomic mass is 35.5. The summed E-state index contributed by atoms with van der Waals surface area (Å²) in [5.41, 5.74) is 4.11. The standard InChI is InChI=1S/C22H25ClN4O3/c1-14(21(28)29-2)13-30-22-24-18-12-17(23)19(25-20(18)26-22)15-6-5-7-16(9-8-15)27-10-3-4-11-27/h6-9,12,14H,3-5,10-11,13H2,1-2H3,(H,24,25,26). The topological polar surface area (TPSA) is 80.3 Å². The number of nitrogens with zero attached hydrogens (tertiary/aromatic N) is 3. The third-order valence-electron chi connectivity index (χ3n) is 5.32. The zero-order chi connectivity index (χ0) is 21.1. The molecule has 0 saturated carbocycles. The molecule has 2 aromatic heterocycles. The van der Waals surface area contributed by atoms with E-state index in [-0.39, 0.29) is 12.6 Å². The van der Waals surface area contributed by atoms with Crippen LogP contribution in [0.15, 0.2) is 36.1 Å². The Balaban J connectivity index is 1.52. The van der Waals surface area contributed by atoms with Crippen molar-refractivity contribution in [2.45, 2.75) is 26.2 Å². The number of aromatic nitrogens is 3. The van der Waals surface area contributed by atoms with E-state index in [0.29, 0.717) is 27.9 Å². The fraction of sp³-hybridized carbons (Fsp3) is 0.409. The monoisotopic (exact) mass is 428 g/mol. The lowest BCUT2D eigenvalue weighted by Gasteiger charge is -2.18. The van der Waals surface area contributed by atoms with Crippen molar-refractivity contribution in [1.82, 2.24) is 19.9 Å². The summed E-state index contributed by atoms with van der Waals surface area (Å²) in [6.45, 7) is 4.12. The first kappa shape index (κ1) is 20.5. The molecule has 2 aliphatic rings. The number of aromatic amines is 1. The fourth-order valence-corrected chi connectivity index (χ4v) is 3.90. The summed E-state index contributed by atoms with van der Waals surface area (Å²) in [5.74, 6) is -0.725. The van der Waals surface area contributed by atoms with Gasteiger partial charge in [0, 0.05) is 18.8 Å². The first-order chi connectivity index (χ1) is 14.5. The zero-order valence-corrected chi connectivity index (χ0v) is 17.9. The van der Waals surface area contributed by atoms with E-state index in [1.54, 1.807) is 13.0 Å². The smallest absolute Gasteiger partial charge is 0.311 e. The van der Waals surface area contributed by atoms with Crippen molar-refractivity contribution in [1.29, 1.82) is 0 Å². The number of likely N-dealkylation sites (tertiary alicyclic amines) is 1. The molecule has 8 heteroatoms. The van der Waals surface area contributed by atoms with Crippen molar-refractivity contribution in [3.8, 4) is 6.01 Å². The van der Waals surface area contributed by atoms with Crippen LogP contribution in [0.4, 0.5) is 0 Å². The van der Waals surface area contributed by atoms with E-state index in [1.807, 2.05) is 0 Å². The van der Waals surface area contributed by atoms with Crippen molar-refractivity contribution in [2.75, 3.05) is 26.8 Å². The van der Waals surface area contributed by atoms with E-state index in [9.17, 15) is 4.79 Å². The second kappa shape index (κ2) is 8.92.